The van der Waals surface area contributed by atoms with Crippen molar-refractivity contribution in [2.75, 3.05) is 20.6 Å². The quantitative estimate of drug-likeness (QED) is 0.888. The van der Waals surface area contributed by atoms with Crippen molar-refractivity contribution < 1.29 is 0 Å². The molecule has 2 nitrogen and oxygen atoms in total. The van der Waals surface area contributed by atoms with E-state index in [4.69, 9.17) is 5.73 Å². The smallest absolute Gasteiger partial charge is 0.0519 e. The molecule has 0 amide bonds. The largest absolute Gasteiger partial charge is 0.322 e. The number of likely N-dealkylation sites (N-methyl/N-ethyl adjacent to an activating group) is 1. The third-order valence-electron chi connectivity index (χ3n) is 1.52. The third kappa shape index (κ3) is 2.86. The van der Waals surface area contributed by atoms with E-state index in [0.29, 0.717) is 0 Å². The highest BCUT2D eigenvalue weighted by molar-refractivity contribution is 9.10. The summed E-state index contributed by atoms with van der Waals surface area (Å²) in [5.41, 5.74) is 5.96. The Hall–Kier alpha value is 0.1000. The molecule has 0 radical (unpaired) electrons. The fraction of sp³-hybridized carbons (Fsp3) is 0.500. The lowest BCUT2D eigenvalue weighted by Gasteiger charge is -2.14. The maximum atomic E-state index is 5.96. The monoisotopic (exact) mass is 248 g/mol. The minimum atomic E-state index is 0.135. The Morgan fingerprint density at radius 3 is 2.75 bits per heavy atom. The molecule has 0 fully saturated rings. The van der Waals surface area contributed by atoms with E-state index < -0.39 is 0 Å². The molecule has 68 valence electrons. The molecule has 1 unspecified atom stereocenters. The van der Waals surface area contributed by atoms with E-state index in [1.807, 2.05) is 14.1 Å². The van der Waals surface area contributed by atoms with Gasteiger partial charge in [0.1, 0.15) is 0 Å². The van der Waals surface area contributed by atoms with Crippen LogP contribution < -0.4 is 5.73 Å². The SMILES string of the molecule is CN(C)CC(N)c1cc(Br)cs1. The molecule has 0 bridgehead atoms. The summed E-state index contributed by atoms with van der Waals surface area (Å²) in [4.78, 5) is 3.33. The standard InChI is InChI=1S/C8H13BrN2S/c1-11(2)4-7(10)8-3-6(9)5-12-8/h3,5,7H,4,10H2,1-2H3. The maximum Gasteiger partial charge on any atom is 0.0519 e. The summed E-state index contributed by atoms with van der Waals surface area (Å²) in [5, 5.41) is 2.06. The molecule has 12 heavy (non-hydrogen) atoms. The average molecular weight is 249 g/mol. The molecular formula is C8H13BrN2S. The van der Waals surface area contributed by atoms with Crippen LogP contribution in [0, 0.1) is 0 Å². The summed E-state index contributed by atoms with van der Waals surface area (Å²) < 4.78 is 1.12. The maximum absolute atomic E-state index is 5.96. The van der Waals surface area contributed by atoms with Crippen LogP contribution in [0.1, 0.15) is 10.9 Å². The Morgan fingerprint density at radius 1 is 1.67 bits per heavy atom. The van der Waals surface area contributed by atoms with E-state index >= 15 is 0 Å². The topological polar surface area (TPSA) is 29.3 Å². The molecule has 1 atom stereocenters. The highest BCUT2D eigenvalue weighted by Gasteiger charge is 2.08. The first kappa shape index (κ1) is 10.2. The first-order valence-electron chi connectivity index (χ1n) is 3.74. The normalized spacial score (nSPS) is 13.8. The van der Waals surface area contributed by atoms with Gasteiger partial charge >= 0.3 is 0 Å². The predicted octanol–water partition coefficient (Wildman–Crippen LogP) is 2.07. The molecule has 2 N–H and O–H groups in total. The second-order valence-electron chi connectivity index (χ2n) is 3.04. The van der Waals surface area contributed by atoms with E-state index in [9.17, 15) is 0 Å². The number of hydrogen-bond acceptors (Lipinski definition) is 3. The summed E-state index contributed by atoms with van der Waals surface area (Å²) in [5.74, 6) is 0. The van der Waals surface area contributed by atoms with E-state index in [1.165, 1.54) is 4.88 Å². The van der Waals surface area contributed by atoms with Crippen LogP contribution in [0.2, 0.25) is 0 Å². The van der Waals surface area contributed by atoms with Gasteiger partial charge < -0.3 is 10.6 Å². The van der Waals surface area contributed by atoms with Gasteiger partial charge in [-0.3, -0.25) is 0 Å². The van der Waals surface area contributed by atoms with Crippen LogP contribution >= 0.6 is 27.3 Å². The van der Waals surface area contributed by atoms with E-state index in [1.54, 1.807) is 11.3 Å². The van der Waals surface area contributed by atoms with Gasteiger partial charge in [-0.2, -0.15) is 0 Å². The van der Waals surface area contributed by atoms with Gasteiger partial charge in [0.15, 0.2) is 0 Å². The molecule has 0 aliphatic carbocycles. The van der Waals surface area contributed by atoms with Crippen LogP contribution in [0.3, 0.4) is 0 Å². The van der Waals surface area contributed by atoms with Crippen LogP contribution in [0.15, 0.2) is 15.9 Å². The van der Waals surface area contributed by atoms with Crippen molar-refractivity contribution in [1.82, 2.24) is 4.90 Å². The second-order valence-corrected chi connectivity index (χ2v) is 4.89. The number of thiophene rings is 1. The highest BCUT2D eigenvalue weighted by Crippen LogP contribution is 2.24. The molecule has 0 aromatic carbocycles. The van der Waals surface area contributed by atoms with Crippen molar-refractivity contribution in [1.29, 1.82) is 0 Å². The molecule has 4 heteroatoms. The van der Waals surface area contributed by atoms with Crippen LogP contribution in [0.25, 0.3) is 0 Å². The van der Waals surface area contributed by atoms with Crippen molar-refractivity contribution in [3.05, 3.63) is 20.8 Å². The van der Waals surface area contributed by atoms with Crippen molar-refractivity contribution in [2.45, 2.75) is 6.04 Å². The summed E-state index contributed by atoms with van der Waals surface area (Å²) in [6.07, 6.45) is 0. The molecular weight excluding hydrogens is 236 g/mol. The zero-order valence-electron chi connectivity index (χ0n) is 7.25. The first-order chi connectivity index (χ1) is 5.59. The van der Waals surface area contributed by atoms with Gasteiger partial charge in [0, 0.05) is 21.3 Å². The van der Waals surface area contributed by atoms with Crippen LogP contribution in [0.4, 0.5) is 0 Å². The van der Waals surface area contributed by atoms with Gasteiger partial charge in [-0.25, -0.2) is 0 Å². The Balaban J connectivity index is 2.58. The Morgan fingerprint density at radius 2 is 2.33 bits per heavy atom. The fourth-order valence-corrected chi connectivity index (χ4v) is 2.45. The van der Waals surface area contributed by atoms with Crippen LogP contribution in [-0.4, -0.2) is 25.5 Å². The number of hydrogen-bond donors (Lipinski definition) is 1. The van der Waals surface area contributed by atoms with Crippen LogP contribution in [0.5, 0.6) is 0 Å². The fourth-order valence-electron chi connectivity index (χ4n) is 1.01. The summed E-state index contributed by atoms with van der Waals surface area (Å²) in [6, 6.07) is 2.22. The van der Waals surface area contributed by atoms with Crippen molar-refractivity contribution in [2.24, 2.45) is 5.73 Å². The molecule has 1 aromatic heterocycles. The lowest BCUT2D eigenvalue weighted by atomic mass is 10.2. The Labute approximate surface area is 85.5 Å². The number of rotatable bonds is 3. The minimum absolute atomic E-state index is 0.135. The van der Waals surface area contributed by atoms with E-state index in [2.05, 4.69) is 32.3 Å². The third-order valence-corrected chi connectivity index (χ3v) is 3.34. The van der Waals surface area contributed by atoms with Gasteiger partial charge in [-0.15, -0.1) is 11.3 Å². The second kappa shape index (κ2) is 4.37. The van der Waals surface area contributed by atoms with Crippen molar-refractivity contribution >= 4 is 27.3 Å². The lowest BCUT2D eigenvalue weighted by molar-refractivity contribution is 0.379. The van der Waals surface area contributed by atoms with Gasteiger partial charge in [0.05, 0.1) is 6.04 Å². The molecule has 1 rings (SSSR count). The minimum Gasteiger partial charge on any atom is -0.322 e. The van der Waals surface area contributed by atoms with E-state index in [0.717, 1.165) is 11.0 Å². The van der Waals surface area contributed by atoms with Gasteiger partial charge in [-0.1, -0.05) is 0 Å². The van der Waals surface area contributed by atoms with E-state index in [-0.39, 0.29) is 6.04 Å². The Bertz CT molecular complexity index is 247. The first-order valence-corrected chi connectivity index (χ1v) is 5.41. The number of halogens is 1. The number of nitrogens with two attached hydrogens (primary N) is 1. The molecule has 0 saturated carbocycles. The van der Waals surface area contributed by atoms with Gasteiger partial charge in [0.2, 0.25) is 0 Å². The Kier molecular flexibility index (Phi) is 3.71. The summed E-state index contributed by atoms with van der Waals surface area (Å²) in [6.45, 7) is 0.896. The number of nitrogens with zero attached hydrogens (tertiary/aromatic N) is 1. The zero-order chi connectivity index (χ0) is 9.14. The molecule has 0 aliphatic heterocycles. The van der Waals surface area contributed by atoms with Crippen molar-refractivity contribution in [3.8, 4) is 0 Å². The molecule has 1 heterocycles. The molecule has 0 spiro atoms. The molecule has 0 saturated heterocycles. The average Bonchev–Trinajstić information content (AvgIpc) is 2.34. The predicted molar refractivity (Wildman–Crippen MR) is 57.5 cm³/mol. The summed E-state index contributed by atoms with van der Waals surface area (Å²) >= 11 is 5.11. The lowest BCUT2D eigenvalue weighted by Crippen LogP contribution is -2.25. The summed E-state index contributed by atoms with van der Waals surface area (Å²) in [7, 11) is 4.06. The van der Waals surface area contributed by atoms with Crippen LogP contribution in [-0.2, 0) is 0 Å². The molecule has 0 aliphatic rings. The van der Waals surface area contributed by atoms with Gasteiger partial charge in [0.25, 0.3) is 0 Å². The van der Waals surface area contributed by atoms with Crippen molar-refractivity contribution in [3.63, 3.8) is 0 Å². The highest BCUT2D eigenvalue weighted by atomic mass is 79.9. The van der Waals surface area contributed by atoms with Gasteiger partial charge in [-0.05, 0) is 36.1 Å². The molecule has 1 aromatic rings. The zero-order valence-corrected chi connectivity index (χ0v) is 9.65.